The van der Waals surface area contributed by atoms with Crippen molar-refractivity contribution < 1.29 is 4.43 Å². The van der Waals surface area contributed by atoms with E-state index in [-0.39, 0.29) is 5.54 Å². The third-order valence-electron chi connectivity index (χ3n) is 2.82. The molecule has 3 heteroatoms. The summed E-state index contributed by atoms with van der Waals surface area (Å²) in [5.74, 6) is 1.02. The largest absolute Gasteiger partial charge is 0.529 e. The first-order valence-corrected chi connectivity index (χ1v) is 9.44. The predicted molar refractivity (Wildman–Crippen MR) is 80.2 cm³/mol. The van der Waals surface area contributed by atoms with Gasteiger partial charge in [0.15, 0.2) is 0 Å². The summed E-state index contributed by atoms with van der Waals surface area (Å²) in [4.78, 5) is 3.63. The van der Waals surface area contributed by atoms with Gasteiger partial charge in [0.25, 0.3) is 0 Å². The van der Waals surface area contributed by atoms with Gasteiger partial charge in [-0.05, 0) is 51.9 Å². The van der Waals surface area contributed by atoms with Crippen LogP contribution in [-0.4, -0.2) is 14.0 Å². The maximum Gasteiger partial charge on any atom is 0.322 e. The van der Waals surface area contributed by atoms with Gasteiger partial charge in [-0.1, -0.05) is 24.3 Å². The minimum atomic E-state index is -1.91. The van der Waals surface area contributed by atoms with E-state index in [0.717, 1.165) is 12.2 Å². The Morgan fingerprint density at radius 1 is 1.22 bits per heavy atom. The molecule has 2 rings (SSSR count). The Morgan fingerprint density at radius 3 is 2.61 bits per heavy atom. The first-order chi connectivity index (χ1) is 8.27. The molecule has 0 unspecified atom stereocenters. The van der Waals surface area contributed by atoms with Crippen molar-refractivity contribution in [3.63, 3.8) is 0 Å². The molecule has 0 saturated heterocycles. The standard InChI is InChI=1S/C15H23NOSi/c1-15(2,3)16-18(4,5)17-14-11-7-9-12-8-6-10-13(12)14/h6-7,9-11,16H,8H2,1-5H3. The number of hydrogen-bond donors (Lipinski definition) is 1. The van der Waals surface area contributed by atoms with Crippen LogP contribution < -0.4 is 9.41 Å². The van der Waals surface area contributed by atoms with Crippen molar-refractivity contribution in [2.75, 3.05) is 0 Å². The summed E-state index contributed by atoms with van der Waals surface area (Å²) in [5.41, 5.74) is 2.71. The van der Waals surface area contributed by atoms with Gasteiger partial charge in [0, 0.05) is 11.1 Å². The second kappa shape index (κ2) is 4.56. The highest BCUT2D eigenvalue weighted by Gasteiger charge is 2.30. The van der Waals surface area contributed by atoms with Gasteiger partial charge in [0.2, 0.25) is 0 Å². The third kappa shape index (κ3) is 3.24. The van der Waals surface area contributed by atoms with Gasteiger partial charge >= 0.3 is 8.48 Å². The lowest BCUT2D eigenvalue weighted by atomic mass is 10.1. The zero-order chi connectivity index (χ0) is 13.4. The Kier molecular flexibility index (Phi) is 3.38. The fourth-order valence-corrected chi connectivity index (χ4v) is 5.14. The maximum absolute atomic E-state index is 6.30. The average molecular weight is 261 g/mol. The molecular weight excluding hydrogens is 238 g/mol. The molecule has 98 valence electrons. The van der Waals surface area contributed by atoms with Crippen LogP contribution in [0, 0.1) is 0 Å². The lowest BCUT2D eigenvalue weighted by Crippen LogP contribution is -2.58. The van der Waals surface area contributed by atoms with Crippen LogP contribution in [-0.2, 0) is 6.42 Å². The van der Waals surface area contributed by atoms with Gasteiger partial charge < -0.3 is 9.41 Å². The molecule has 2 nitrogen and oxygen atoms in total. The van der Waals surface area contributed by atoms with Gasteiger partial charge in [-0.25, -0.2) is 0 Å². The summed E-state index contributed by atoms with van der Waals surface area (Å²) in [5, 5.41) is 0. The monoisotopic (exact) mass is 261 g/mol. The molecule has 1 N–H and O–H groups in total. The molecule has 0 aliphatic heterocycles. The van der Waals surface area contributed by atoms with Gasteiger partial charge in [-0.3, -0.25) is 0 Å². The highest BCUT2D eigenvalue weighted by atomic mass is 28.4. The summed E-state index contributed by atoms with van der Waals surface area (Å²) in [6, 6.07) is 6.34. The summed E-state index contributed by atoms with van der Waals surface area (Å²) in [6.45, 7) is 11.0. The predicted octanol–water partition coefficient (Wildman–Crippen LogP) is 3.72. The Morgan fingerprint density at radius 2 is 1.94 bits per heavy atom. The summed E-state index contributed by atoms with van der Waals surface area (Å²) >= 11 is 0. The zero-order valence-electron chi connectivity index (χ0n) is 12.0. The second-order valence-electron chi connectivity index (χ2n) is 6.42. The van der Waals surface area contributed by atoms with Crippen LogP contribution in [0.1, 0.15) is 31.9 Å². The molecule has 1 aliphatic rings. The van der Waals surface area contributed by atoms with Gasteiger partial charge in [-0.2, -0.15) is 0 Å². The Bertz CT molecular complexity index is 472. The number of fused-ring (bicyclic) bond motifs is 1. The topological polar surface area (TPSA) is 21.3 Å². The van der Waals surface area contributed by atoms with E-state index in [9.17, 15) is 0 Å². The first-order valence-electron chi connectivity index (χ1n) is 6.54. The summed E-state index contributed by atoms with van der Waals surface area (Å²) in [6.07, 6.45) is 5.40. The molecule has 1 aliphatic carbocycles. The smallest absolute Gasteiger partial charge is 0.322 e. The number of rotatable bonds is 3. The molecule has 0 saturated carbocycles. The Balaban J connectivity index is 2.19. The third-order valence-corrected chi connectivity index (χ3v) is 4.90. The minimum absolute atomic E-state index is 0.0868. The fourth-order valence-electron chi connectivity index (χ4n) is 2.55. The summed E-state index contributed by atoms with van der Waals surface area (Å²) < 4.78 is 6.30. The molecular formula is C15H23NOSi. The lowest BCUT2D eigenvalue weighted by Gasteiger charge is -2.33. The molecule has 0 heterocycles. The van der Waals surface area contributed by atoms with E-state index >= 15 is 0 Å². The highest BCUT2D eigenvalue weighted by Crippen LogP contribution is 2.30. The number of nitrogens with one attached hydrogen (secondary N) is 1. The molecule has 1 aromatic rings. The van der Waals surface area contributed by atoms with E-state index in [0.29, 0.717) is 0 Å². The van der Waals surface area contributed by atoms with Crippen molar-refractivity contribution in [1.82, 2.24) is 4.98 Å². The fraction of sp³-hybridized carbons (Fsp3) is 0.467. The number of benzene rings is 1. The lowest BCUT2D eigenvalue weighted by molar-refractivity contribution is 0.444. The van der Waals surface area contributed by atoms with Crippen LogP contribution in [0.2, 0.25) is 13.1 Å². The van der Waals surface area contributed by atoms with Crippen LogP contribution in [0.5, 0.6) is 5.75 Å². The van der Waals surface area contributed by atoms with E-state index in [1.165, 1.54) is 11.1 Å². The van der Waals surface area contributed by atoms with Gasteiger partial charge in [0.1, 0.15) is 5.75 Å². The molecule has 0 aromatic heterocycles. The molecule has 0 radical (unpaired) electrons. The quantitative estimate of drug-likeness (QED) is 0.837. The number of allylic oxidation sites excluding steroid dienone is 1. The van der Waals surface area contributed by atoms with E-state index in [1.54, 1.807) is 0 Å². The number of hydrogen-bond acceptors (Lipinski definition) is 2. The summed E-state index contributed by atoms with van der Waals surface area (Å²) in [7, 11) is -1.91. The van der Waals surface area contributed by atoms with Crippen LogP contribution in [0.25, 0.3) is 6.08 Å². The second-order valence-corrected chi connectivity index (χ2v) is 9.90. The van der Waals surface area contributed by atoms with Crippen molar-refractivity contribution in [3.8, 4) is 5.75 Å². The molecule has 0 fully saturated rings. The maximum atomic E-state index is 6.30. The highest BCUT2D eigenvalue weighted by molar-refractivity contribution is 6.69. The molecule has 0 atom stereocenters. The van der Waals surface area contributed by atoms with Crippen LogP contribution >= 0.6 is 0 Å². The van der Waals surface area contributed by atoms with Crippen LogP contribution in [0.4, 0.5) is 0 Å². The van der Waals surface area contributed by atoms with E-state index in [2.05, 4.69) is 69.2 Å². The molecule has 0 bridgehead atoms. The minimum Gasteiger partial charge on any atom is -0.529 e. The van der Waals surface area contributed by atoms with Crippen LogP contribution in [0.3, 0.4) is 0 Å². The average Bonchev–Trinajstić information content (AvgIpc) is 2.61. The molecule has 18 heavy (non-hydrogen) atoms. The Labute approximate surface area is 111 Å². The van der Waals surface area contributed by atoms with Crippen molar-refractivity contribution in [3.05, 3.63) is 35.4 Å². The van der Waals surface area contributed by atoms with Crippen LogP contribution in [0.15, 0.2) is 24.3 Å². The normalized spacial score (nSPS) is 14.7. The van der Waals surface area contributed by atoms with Gasteiger partial charge in [-0.15, -0.1) is 0 Å². The van der Waals surface area contributed by atoms with E-state index in [4.69, 9.17) is 4.43 Å². The van der Waals surface area contributed by atoms with Crippen molar-refractivity contribution in [2.45, 2.75) is 45.8 Å². The van der Waals surface area contributed by atoms with Gasteiger partial charge in [0.05, 0.1) is 0 Å². The van der Waals surface area contributed by atoms with E-state index in [1.807, 2.05) is 0 Å². The van der Waals surface area contributed by atoms with Crippen molar-refractivity contribution >= 4 is 14.6 Å². The SMILES string of the molecule is CC(C)(C)N[Si](C)(C)Oc1cccc2c1C=CC2. The zero-order valence-corrected chi connectivity index (χ0v) is 13.0. The molecule has 0 amide bonds. The van der Waals surface area contributed by atoms with E-state index < -0.39 is 8.48 Å². The molecule has 1 aromatic carbocycles. The molecule has 0 spiro atoms. The van der Waals surface area contributed by atoms with Crippen molar-refractivity contribution in [2.24, 2.45) is 0 Å². The Hall–Kier alpha value is -1.06. The first kappa shape index (κ1) is 13.4. The van der Waals surface area contributed by atoms with Crippen molar-refractivity contribution in [1.29, 1.82) is 0 Å².